The fraction of sp³-hybridized carbons (Fsp3) is 0.619. The summed E-state index contributed by atoms with van der Waals surface area (Å²) in [5.41, 5.74) is 1.23. The normalized spacial score (nSPS) is 16.3. The van der Waals surface area contributed by atoms with Crippen LogP contribution in [-0.4, -0.2) is 32.2 Å². The summed E-state index contributed by atoms with van der Waals surface area (Å²) in [6.07, 6.45) is 2.17. The highest BCUT2D eigenvalue weighted by molar-refractivity contribution is 6.74. The Morgan fingerprint density at radius 3 is 2.32 bits per heavy atom. The summed E-state index contributed by atoms with van der Waals surface area (Å²) >= 11 is 0. The van der Waals surface area contributed by atoms with Gasteiger partial charge in [-0.05, 0) is 30.1 Å². The molecular weight excluding hydrogens is 326 g/mol. The molecule has 0 unspecified atom stereocenters. The van der Waals surface area contributed by atoms with Gasteiger partial charge >= 0.3 is 0 Å². The van der Waals surface area contributed by atoms with Crippen LogP contribution in [0, 0.1) is 5.92 Å². The largest absolute Gasteiger partial charge is 0.415 e. The highest BCUT2D eigenvalue weighted by Crippen LogP contribution is 2.36. The summed E-state index contributed by atoms with van der Waals surface area (Å²) in [6, 6.07) is 10.4. The monoisotopic (exact) mass is 363 g/mol. The minimum Gasteiger partial charge on any atom is -0.415 e. The van der Waals surface area contributed by atoms with E-state index in [0.717, 1.165) is 6.54 Å². The molecule has 0 heterocycles. The van der Waals surface area contributed by atoms with Crippen molar-refractivity contribution >= 4 is 8.32 Å². The lowest BCUT2D eigenvalue weighted by molar-refractivity contribution is 0.0864. The molecule has 0 aliphatic heterocycles. The van der Waals surface area contributed by atoms with Crippen LogP contribution >= 0.6 is 0 Å². The smallest absolute Gasteiger partial charge is 0.192 e. The molecule has 0 spiro atoms. The molecule has 1 aromatic carbocycles. The van der Waals surface area contributed by atoms with E-state index in [-0.39, 0.29) is 17.0 Å². The lowest BCUT2D eigenvalue weighted by Gasteiger charge is -2.39. The summed E-state index contributed by atoms with van der Waals surface area (Å²) in [6.45, 7) is 18.6. The lowest BCUT2D eigenvalue weighted by atomic mass is 9.92. The second-order valence-electron chi connectivity index (χ2n) is 8.33. The van der Waals surface area contributed by atoms with E-state index in [9.17, 15) is 5.11 Å². The molecule has 3 nitrogen and oxygen atoms in total. The first kappa shape index (κ1) is 22.1. The van der Waals surface area contributed by atoms with Gasteiger partial charge in [0.2, 0.25) is 0 Å². The van der Waals surface area contributed by atoms with Gasteiger partial charge in [0, 0.05) is 25.1 Å². The van der Waals surface area contributed by atoms with Gasteiger partial charge in [-0.3, -0.25) is 0 Å². The fourth-order valence-electron chi connectivity index (χ4n) is 2.53. The van der Waals surface area contributed by atoms with Crippen LogP contribution in [0.3, 0.4) is 0 Å². The first-order chi connectivity index (χ1) is 11.6. The van der Waals surface area contributed by atoms with Crippen LogP contribution in [0.2, 0.25) is 18.1 Å². The Hall–Kier alpha value is -0.943. The van der Waals surface area contributed by atoms with Gasteiger partial charge in [-0.2, -0.15) is 0 Å². The third-order valence-corrected chi connectivity index (χ3v) is 9.94. The summed E-state index contributed by atoms with van der Waals surface area (Å²) in [5.74, 6) is -0.0292. The SMILES string of the molecule is C=C[C@@H]([C@H](CO[Si](C)(C)C(C)(C)C)NCc1ccccc1)[C@@H](O)CC. The molecule has 2 N–H and O–H groups in total. The minimum atomic E-state index is -1.84. The number of rotatable bonds is 10. The van der Waals surface area contributed by atoms with Crippen molar-refractivity contribution in [1.82, 2.24) is 5.32 Å². The maximum atomic E-state index is 10.4. The number of aliphatic hydroxyl groups excluding tert-OH is 1. The van der Waals surface area contributed by atoms with E-state index in [0.29, 0.717) is 13.0 Å². The highest BCUT2D eigenvalue weighted by atomic mass is 28.4. The van der Waals surface area contributed by atoms with Crippen LogP contribution in [0.1, 0.15) is 39.7 Å². The Bertz CT molecular complexity index is 510. The van der Waals surface area contributed by atoms with Crippen molar-refractivity contribution in [3.8, 4) is 0 Å². The molecule has 142 valence electrons. The maximum Gasteiger partial charge on any atom is 0.192 e. The number of hydrogen-bond acceptors (Lipinski definition) is 3. The molecule has 0 saturated carbocycles. The predicted octanol–water partition coefficient (Wildman–Crippen LogP) is 4.74. The highest BCUT2D eigenvalue weighted by Gasteiger charge is 2.38. The predicted molar refractivity (Wildman–Crippen MR) is 110 cm³/mol. The molecule has 0 fully saturated rings. The van der Waals surface area contributed by atoms with Crippen molar-refractivity contribution in [3.05, 3.63) is 48.6 Å². The van der Waals surface area contributed by atoms with Gasteiger partial charge in [-0.15, -0.1) is 6.58 Å². The van der Waals surface area contributed by atoms with Crippen molar-refractivity contribution in [2.75, 3.05) is 6.61 Å². The summed E-state index contributed by atoms with van der Waals surface area (Å²) in [7, 11) is -1.84. The first-order valence-corrected chi connectivity index (χ1v) is 12.2. The van der Waals surface area contributed by atoms with Gasteiger partial charge in [0.05, 0.1) is 6.10 Å². The van der Waals surface area contributed by atoms with Crippen LogP contribution < -0.4 is 5.32 Å². The maximum absolute atomic E-state index is 10.4. The van der Waals surface area contributed by atoms with Gasteiger partial charge in [-0.1, -0.05) is 64.1 Å². The Morgan fingerprint density at radius 1 is 1.24 bits per heavy atom. The van der Waals surface area contributed by atoms with Crippen LogP contribution in [0.25, 0.3) is 0 Å². The average Bonchev–Trinajstić information content (AvgIpc) is 2.56. The molecule has 0 aliphatic carbocycles. The molecule has 3 atom stereocenters. The van der Waals surface area contributed by atoms with Gasteiger partial charge in [0.1, 0.15) is 0 Å². The molecule has 1 aromatic rings. The van der Waals surface area contributed by atoms with Crippen LogP contribution in [0.4, 0.5) is 0 Å². The number of aliphatic hydroxyl groups is 1. The van der Waals surface area contributed by atoms with E-state index >= 15 is 0 Å². The summed E-state index contributed by atoms with van der Waals surface area (Å²) in [4.78, 5) is 0. The van der Waals surface area contributed by atoms with Crippen LogP contribution in [-0.2, 0) is 11.0 Å². The molecule has 1 rings (SSSR count). The van der Waals surface area contributed by atoms with E-state index in [4.69, 9.17) is 4.43 Å². The fourth-order valence-corrected chi connectivity index (χ4v) is 3.56. The zero-order valence-electron chi connectivity index (χ0n) is 16.9. The van der Waals surface area contributed by atoms with E-state index in [2.05, 4.69) is 57.9 Å². The average molecular weight is 364 g/mol. The van der Waals surface area contributed by atoms with Gasteiger partial charge < -0.3 is 14.8 Å². The standard InChI is InChI=1S/C21H37NO2Si/c1-8-18(20(23)9-2)19(16-24-25(6,7)21(3,4)5)22-15-17-13-11-10-12-14-17/h8,10-14,18-20,22-23H,1,9,15-16H2,2-7H3/t18-,19-,20-/m0/s1. The van der Waals surface area contributed by atoms with Crippen molar-refractivity contribution in [2.45, 2.75) is 70.9 Å². The summed E-state index contributed by atoms with van der Waals surface area (Å²) in [5, 5.41) is 14.2. The van der Waals surface area contributed by atoms with Crippen LogP contribution in [0.15, 0.2) is 43.0 Å². The van der Waals surface area contributed by atoms with Gasteiger partial charge in [0.15, 0.2) is 8.32 Å². The van der Waals surface area contributed by atoms with Crippen molar-refractivity contribution in [3.63, 3.8) is 0 Å². The zero-order valence-corrected chi connectivity index (χ0v) is 17.9. The quantitative estimate of drug-likeness (QED) is 0.466. The molecule has 25 heavy (non-hydrogen) atoms. The number of hydrogen-bond donors (Lipinski definition) is 2. The van der Waals surface area contributed by atoms with E-state index in [1.165, 1.54) is 5.56 Å². The first-order valence-electron chi connectivity index (χ1n) is 9.34. The molecule has 0 amide bonds. The third kappa shape index (κ3) is 6.70. The Balaban J connectivity index is 2.85. The van der Waals surface area contributed by atoms with Gasteiger partial charge in [-0.25, -0.2) is 0 Å². The molecule has 0 bridgehead atoms. The molecule has 4 heteroatoms. The number of benzene rings is 1. The Kier molecular flexibility index (Phi) is 8.55. The van der Waals surface area contributed by atoms with E-state index in [1.807, 2.05) is 31.2 Å². The minimum absolute atomic E-state index is 0.0292. The molecule has 0 aliphatic rings. The molecular formula is C21H37NO2Si. The van der Waals surface area contributed by atoms with Crippen LogP contribution in [0.5, 0.6) is 0 Å². The molecule has 0 aromatic heterocycles. The zero-order chi connectivity index (χ0) is 19.1. The van der Waals surface area contributed by atoms with Crippen molar-refractivity contribution in [1.29, 1.82) is 0 Å². The summed E-state index contributed by atoms with van der Waals surface area (Å²) < 4.78 is 6.44. The molecule has 0 saturated heterocycles. The van der Waals surface area contributed by atoms with Gasteiger partial charge in [0.25, 0.3) is 0 Å². The third-order valence-electron chi connectivity index (χ3n) is 5.44. The van der Waals surface area contributed by atoms with Crippen molar-refractivity contribution in [2.24, 2.45) is 5.92 Å². The lowest BCUT2D eigenvalue weighted by Crippen LogP contribution is -2.49. The Labute approximate surface area is 155 Å². The van der Waals surface area contributed by atoms with Crippen molar-refractivity contribution < 1.29 is 9.53 Å². The topological polar surface area (TPSA) is 41.5 Å². The number of nitrogens with one attached hydrogen (secondary N) is 1. The Morgan fingerprint density at radius 2 is 1.84 bits per heavy atom. The van der Waals surface area contributed by atoms with E-state index in [1.54, 1.807) is 0 Å². The second-order valence-corrected chi connectivity index (χ2v) is 13.1. The molecule has 0 radical (unpaired) electrons. The second kappa shape index (κ2) is 9.67. The van der Waals surface area contributed by atoms with E-state index < -0.39 is 14.4 Å².